The lowest BCUT2D eigenvalue weighted by molar-refractivity contribution is -0.138. The first-order valence-corrected chi connectivity index (χ1v) is 4.54. The van der Waals surface area contributed by atoms with E-state index in [4.69, 9.17) is 5.11 Å². The lowest BCUT2D eigenvalue weighted by atomic mass is 10.0. The number of rotatable bonds is 4. The Morgan fingerprint density at radius 2 is 1.93 bits per heavy atom. The fourth-order valence-corrected chi connectivity index (χ4v) is 1.44. The Hall–Kier alpha value is -1.35. The Morgan fingerprint density at radius 3 is 2.36 bits per heavy atom. The molecule has 0 heterocycles. The van der Waals surface area contributed by atoms with Crippen LogP contribution in [-0.2, 0) is 4.79 Å². The van der Waals surface area contributed by atoms with Crippen molar-refractivity contribution in [3.63, 3.8) is 0 Å². The second kappa shape index (κ2) is 4.77. The lowest BCUT2D eigenvalue weighted by Crippen LogP contribution is -2.22. The molecule has 1 rings (SSSR count). The number of carboxylic acids is 1. The van der Waals surface area contributed by atoms with Crippen molar-refractivity contribution >= 4 is 5.97 Å². The topological polar surface area (TPSA) is 40.5 Å². The highest BCUT2D eigenvalue weighted by Crippen LogP contribution is 2.21. The highest BCUT2D eigenvalue weighted by atomic mass is 16.4. The van der Waals surface area contributed by atoms with Crippen LogP contribution in [0.1, 0.15) is 18.0 Å². The molecule has 0 aromatic heterocycles. The van der Waals surface area contributed by atoms with E-state index in [0.29, 0.717) is 0 Å². The Labute approximate surface area is 84.0 Å². The van der Waals surface area contributed by atoms with E-state index in [9.17, 15) is 4.79 Å². The van der Waals surface area contributed by atoms with E-state index >= 15 is 0 Å². The molecular weight excluding hydrogens is 178 g/mol. The van der Waals surface area contributed by atoms with Crippen molar-refractivity contribution in [1.82, 2.24) is 4.90 Å². The van der Waals surface area contributed by atoms with Gasteiger partial charge in [-0.25, -0.2) is 0 Å². The number of aliphatic carboxylic acids is 1. The zero-order valence-electron chi connectivity index (χ0n) is 8.47. The SMILES string of the molecule is CN(C)[C@@H](CC(=O)O)c1ccccc1. The first kappa shape index (κ1) is 10.7. The third-order valence-electron chi connectivity index (χ3n) is 2.18. The largest absolute Gasteiger partial charge is 0.481 e. The summed E-state index contributed by atoms with van der Waals surface area (Å²) in [5.74, 6) is -0.771. The van der Waals surface area contributed by atoms with Crippen LogP contribution in [0, 0.1) is 0 Å². The minimum atomic E-state index is -0.771. The van der Waals surface area contributed by atoms with Gasteiger partial charge in [0.15, 0.2) is 0 Å². The van der Waals surface area contributed by atoms with Crippen LogP contribution in [0.4, 0.5) is 0 Å². The van der Waals surface area contributed by atoms with Gasteiger partial charge >= 0.3 is 5.97 Å². The molecule has 76 valence electrons. The minimum absolute atomic E-state index is 0.0475. The molecule has 3 heteroatoms. The van der Waals surface area contributed by atoms with E-state index in [1.807, 2.05) is 49.3 Å². The van der Waals surface area contributed by atoms with E-state index in [-0.39, 0.29) is 12.5 Å². The summed E-state index contributed by atoms with van der Waals surface area (Å²) in [6, 6.07) is 9.63. The number of hydrogen-bond donors (Lipinski definition) is 1. The predicted octanol–water partition coefficient (Wildman–Crippen LogP) is 1.76. The molecule has 1 atom stereocenters. The molecule has 0 saturated heterocycles. The highest BCUT2D eigenvalue weighted by molar-refractivity contribution is 5.67. The van der Waals surface area contributed by atoms with Gasteiger partial charge in [-0.1, -0.05) is 30.3 Å². The second-order valence-electron chi connectivity index (χ2n) is 3.49. The smallest absolute Gasteiger partial charge is 0.305 e. The average molecular weight is 193 g/mol. The van der Waals surface area contributed by atoms with E-state index in [2.05, 4.69) is 0 Å². The van der Waals surface area contributed by atoms with E-state index < -0.39 is 5.97 Å². The van der Waals surface area contributed by atoms with Gasteiger partial charge in [0.1, 0.15) is 0 Å². The molecule has 14 heavy (non-hydrogen) atoms. The van der Waals surface area contributed by atoms with E-state index in [1.165, 1.54) is 0 Å². The van der Waals surface area contributed by atoms with Gasteiger partial charge < -0.3 is 10.0 Å². The molecule has 0 saturated carbocycles. The van der Waals surface area contributed by atoms with Crippen molar-refractivity contribution in [3.8, 4) is 0 Å². The van der Waals surface area contributed by atoms with Crippen LogP contribution >= 0.6 is 0 Å². The first-order valence-electron chi connectivity index (χ1n) is 4.54. The molecule has 0 aliphatic heterocycles. The van der Waals surface area contributed by atoms with Crippen molar-refractivity contribution in [2.75, 3.05) is 14.1 Å². The fraction of sp³-hybridized carbons (Fsp3) is 0.364. The van der Waals surface area contributed by atoms with Gasteiger partial charge in [0.2, 0.25) is 0 Å². The van der Waals surface area contributed by atoms with Crippen LogP contribution in [0.2, 0.25) is 0 Å². The monoisotopic (exact) mass is 193 g/mol. The van der Waals surface area contributed by atoms with Crippen LogP contribution in [0.5, 0.6) is 0 Å². The zero-order valence-corrected chi connectivity index (χ0v) is 8.47. The zero-order chi connectivity index (χ0) is 10.6. The van der Waals surface area contributed by atoms with E-state index in [1.54, 1.807) is 0 Å². The van der Waals surface area contributed by atoms with Crippen molar-refractivity contribution < 1.29 is 9.90 Å². The van der Waals surface area contributed by atoms with Crippen LogP contribution in [0.25, 0.3) is 0 Å². The van der Waals surface area contributed by atoms with Crippen molar-refractivity contribution in [2.45, 2.75) is 12.5 Å². The standard InChI is InChI=1S/C11H15NO2/c1-12(2)10(8-11(13)14)9-6-4-3-5-7-9/h3-7,10H,8H2,1-2H3,(H,13,14)/t10-/m0/s1. The maximum absolute atomic E-state index is 10.7. The van der Waals surface area contributed by atoms with Crippen molar-refractivity contribution in [1.29, 1.82) is 0 Å². The summed E-state index contributed by atoms with van der Waals surface area (Å²) < 4.78 is 0. The van der Waals surface area contributed by atoms with Crippen molar-refractivity contribution in [3.05, 3.63) is 35.9 Å². The molecular formula is C11H15NO2. The molecule has 0 spiro atoms. The molecule has 0 amide bonds. The molecule has 0 fully saturated rings. The molecule has 3 nitrogen and oxygen atoms in total. The second-order valence-corrected chi connectivity index (χ2v) is 3.49. The summed E-state index contributed by atoms with van der Waals surface area (Å²) in [4.78, 5) is 12.6. The number of carboxylic acid groups (broad SMARTS) is 1. The normalized spacial score (nSPS) is 12.8. The Kier molecular flexibility index (Phi) is 3.65. The molecule has 0 bridgehead atoms. The first-order chi connectivity index (χ1) is 6.61. The van der Waals surface area contributed by atoms with Gasteiger partial charge in [-0.15, -0.1) is 0 Å². The Morgan fingerprint density at radius 1 is 1.36 bits per heavy atom. The lowest BCUT2D eigenvalue weighted by Gasteiger charge is -2.22. The summed E-state index contributed by atoms with van der Waals surface area (Å²) in [6.07, 6.45) is 0.136. The van der Waals surface area contributed by atoms with Gasteiger partial charge in [0, 0.05) is 6.04 Å². The number of carbonyl (C=O) groups is 1. The highest BCUT2D eigenvalue weighted by Gasteiger charge is 2.16. The van der Waals surface area contributed by atoms with Gasteiger partial charge in [0.05, 0.1) is 6.42 Å². The van der Waals surface area contributed by atoms with Crippen LogP contribution in [0.15, 0.2) is 30.3 Å². The third kappa shape index (κ3) is 2.85. The minimum Gasteiger partial charge on any atom is -0.481 e. The maximum Gasteiger partial charge on any atom is 0.305 e. The molecule has 1 aromatic rings. The summed E-state index contributed by atoms with van der Waals surface area (Å²) in [7, 11) is 3.78. The van der Waals surface area contributed by atoms with E-state index in [0.717, 1.165) is 5.56 Å². The number of benzene rings is 1. The molecule has 0 aliphatic rings. The molecule has 0 aliphatic carbocycles. The maximum atomic E-state index is 10.7. The van der Waals surface area contributed by atoms with Crippen LogP contribution in [-0.4, -0.2) is 30.1 Å². The predicted molar refractivity (Wildman–Crippen MR) is 55.1 cm³/mol. The quantitative estimate of drug-likeness (QED) is 0.792. The fourth-order valence-electron chi connectivity index (χ4n) is 1.44. The summed E-state index contributed by atoms with van der Waals surface area (Å²) in [5, 5.41) is 8.77. The third-order valence-corrected chi connectivity index (χ3v) is 2.18. The molecule has 1 aromatic carbocycles. The van der Waals surface area contributed by atoms with Gasteiger partial charge in [0.25, 0.3) is 0 Å². The number of nitrogens with zero attached hydrogens (tertiary/aromatic N) is 1. The average Bonchev–Trinajstić information content (AvgIpc) is 2.15. The summed E-state index contributed by atoms with van der Waals surface area (Å²) >= 11 is 0. The van der Waals surface area contributed by atoms with Gasteiger partial charge in [-0.3, -0.25) is 4.79 Å². The summed E-state index contributed by atoms with van der Waals surface area (Å²) in [6.45, 7) is 0. The summed E-state index contributed by atoms with van der Waals surface area (Å²) in [5.41, 5.74) is 1.04. The van der Waals surface area contributed by atoms with Gasteiger partial charge in [-0.2, -0.15) is 0 Å². The van der Waals surface area contributed by atoms with Gasteiger partial charge in [-0.05, 0) is 19.7 Å². The Bertz CT molecular complexity index is 295. The van der Waals surface area contributed by atoms with Crippen LogP contribution in [0.3, 0.4) is 0 Å². The van der Waals surface area contributed by atoms with Crippen LogP contribution < -0.4 is 0 Å². The Balaban J connectivity index is 2.83. The molecule has 0 unspecified atom stereocenters. The molecule has 0 radical (unpaired) electrons. The number of hydrogen-bond acceptors (Lipinski definition) is 2. The molecule has 1 N–H and O–H groups in total. The van der Waals surface area contributed by atoms with Crippen molar-refractivity contribution in [2.24, 2.45) is 0 Å².